The van der Waals surface area contributed by atoms with Crippen molar-refractivity contribution in [3.8, 4) is 0 Å². The van der Waals surface area contributed by atoms with Crippen LogP contribution in [0.25, 0.3) is 0 Å². The Kier molecular flexibility index (Phi) is 4.26. The molecule has 2 rings (SSSR count). The molecule has 0 bridgehead atoms. The van der Waals surface area contributed by atoms with E-state index >= 15 is 0 Å². The molecule has 1 aliphatic heterocycles. The topological polar surface area (TPSA) is 84.0 Å². The third kappa shape index (κ3) is 3.47. The normalized spacial score (nSPS) is 20.8. The molecule has 1 atom stereocenters. The quantitative estimate of drug-likeness (QED) is 0.756. The van der Waals surface area contributed by atoms with Crippen LogP contribution in [0.15, 0.2) is 17.4 Å². The molecule has 1 aromatic rings. The number of nitrogens with one attached hydrogen (secondary N) is 2. The molecule has 2 N–H and O–H groups in total. The highest BCUT2D eigenvalue weighted by atomic mass is 32.2. The van der Waals surface area contributed by atoms with Crippen LogP contribution in [0.1, 0.15) is 18.5 Å². The lowest BCUT2D eigenvalue weighted by Crippen LogP contribution is -2.38. The SMILES string of the molecule is Cc1ccnc(S(=O)(=O)NC[C@@H]2CCCNC2)n1. The minimum Gasteiger partial charge on any atom is -0.316 e. The zero-order valence-electron chi connectivity index (χ0n) is 10.4. The molecule has 18 heavy (non-hydrogen) atoms. The van der Waals surface area contributed by atoms with Crippen molar-refractivity contribution in [1.82, 2.24) is 20.0 Å². The monoisotopic (exact) mass is 270 g/mol. The number of hydrogen-bond donors (Lipinski definition) is 2. The molecule has 0 aliphatic carbocycles. The first kappa shape index (κ1) is 13.4. The third-order valence-electron chi connectivity index (χ3n) is 2.97. The van der Waals surface area contributed by atoms with Crippen LogP contribution in [0.3, 0.4) is 0 Å². The van der Waals surface area contributed by atoms with E-state index in [1.54, 1.807) is 13.0 Å². The Balaban J connectivity index is 1.98. The molecule has 0 radical (unpaired) electrons. The number of aromatic nitrogens is 2. The van der Waals surface area contributed by atoms with Crippen molar-refractivity contribution in [1.29, 1.82) is 0 Å². The van der Waals surface area contributed by atoms with Gasteiger partial charge in [0.15, 0.2) is 0 Å². The summed E-state index contributed by atoms with van der Waals surface area (Å²) in [5, 5.41) is 3.11. The molecule has 0 amide bonds. The fourth-order valence-corrected chi connectivity index (χ4v) is 2.99. The van der Waals surface area contributed by atoms with Gasteiger partial charge in [-0.25, -0.2) is 23.1 Å². The van der Waals surface area contributed by atoms with E-state index in [9.17, 15) is 8.42 Å². The van der Waals surface area contributed by atoms with Crippen LogP contribution >= 0.6 is 0 Å². The van der Waals surface area contributed by atoms with Gasteiger partial charge in [-0.3, -0.25) is 0 Å². The number of nitrogens with zero attached hydrogens (tertiary/aromatic N) is 2. The van der Waals surface area contributed by atoms with Crippen molar-refractivity contribution in [3.63, 3.8) is 0 Å². The lowest BCUT2D eigenvalue weighted by Gasteiger charge is -2.22. The summed E-state index contributed by atoms with van der Waals surface area (Å²) in [5.41, 5.74) is 0.643. The smallest absolute Gasteiger partial charge is 0.276 e. The van der Waals surface area contributed by atoms with Crippen molar-refractivity contribution >= 4 is 10.0 Å². The maximum absolute atomic E-state index is 12.0. The van der Waals surface area contributed by atoms with Gasteiger partial charge < -0.3 is 5.32 Å². The van der Waals surface area contributed by atoms with Gasteiger partial charge in [0.1, 0.15) is 0 Å². The van der Waals surface area contributed by atoms with Crippen LogP contribution in [-0.4, -0.2) is 38.0 Å². The molecular formula is C11H18N4O2S. The molecule has 1 fully saturated rings. The van der Waals surface area contributed by atoms with Crippen LogP contribution in [-0.2, 0) is 10.0 Å². The number of hydrogen-bond acceptors (Lipinski definition) is 5. The summed E-state index contributed by atoms with van der Waals surface area (Å²) in [4.78, 5) is 7.73. The van der Waals surface area contributed by atoms with Gasteiger partial charge in [-0.15, -0.1) is 0 Å². The maximum Gasteiger partial charge on any atom is 0.276 e. The minimum atomic E-state index is -3.58. The third-order valence-corrected chi connectivity index (χ3v) is 4.20. The summed E-state index contributed by atoms with van der Waals surface area (Å²) in [6, 6.07) is 1.67. The fourth-order valence-electron chi connectivity index (χ4n) is 1.95. The molecule has 6 nitrogen and oxygen atoms in total. The van der Waals surface area contributed by atoms with Crippen LogP contribution < -0.4 is 10.0 Å². The Morgan fingerprint density at radius 3 is 3.06 bits per heavy atom. The molecule has 0 aromatic carbocycles. The van der Waals surface area contributed by atoms with E-state index in [1.807, 2.05) is 0 Å². The van der Waals surface area contributed by atoms with E-state index in [-0.39, 0.29) is 5.16 Å². The second-order valence-corrected chi connectivity index (χ2v) is 6.21. The first-order valence-corrected chi connectivity index (χ1v) is 7.56. The standard InChI is InChI=1S/C11H18N4O2S/c1-9-4-6-13-11(15-9)18(16,17)14-8-10-3-2-5-12-7-10/h4,6,10,12,14H,2-3,5,7-8H2,1H3/t10-/m1/s1. The Bertz CT molecular complexity index is 498. The summed E-state index contributed by atoms with van der Waals surface area (Å²) in [5.74, 6) is 0.346. The average Bonchev–Trinajstić information content (AvgIpc) is 2.38. The maximum atomic E-state index is 12.0. The van der Waals surface area contributed by atoms with Gasteiger partial charge in [-0.05, 0) is 44.8 Å². The second kappa shape index (κ2) is 5.73. The van der Waals surface area contributed by atoms with Gasteiger partial charge in [0.05, 0.1) is 0 Å². The second-order valence-electron chi connectivity index (χ2n) is 4.54. The predicted octanol–water partition coefficient (Wildman–Crippen LogP) is 0.0629. The zero-order valence-corrected chi connectivity index (χ0v) is 11.2. The van der Waals surface area contributed by atoms with Gasteiger partial charge in [-0.2, -0.15) is 0 Å². The van der Waals surface area contributed by atoms with E-state index in [1.165, 1.54) is 6.20 Å². The van der Waals surface area contributed by atoms with Crippen LogP contribution in [0.2, 0.25) is 0 Å². The first-order valence-electron chi connectivity index (χ1n) is 6.08. The number of sulfonamides is 1. The first-order chi connectivity index (χ1) is 8.58. The number of rotatable bonds is 4. The highest BCUT2D eigenvalue weighted by molar-refractivity contribution is 7.89. The van der Waals surface area contributed by atoms with Crippen molar-refractivity contribution in [2.75, 3.05) is 19.6 Å². The Morgan fingerprint density at radius 2 is 2.39 bits per heavy atom. The van der Waals surface area contributed by atoms with Gasteiger partial charge in [0.2, 0.25) is 0 Å². The molecule has 1 aromatic heterocycles. The highest BCUT2D eigenvalue weighted by Gasteiger charge is 2.20. The lowest BCUT2D eigenvalue weighted by molar-refractivity contribution is 0.375. The van der Waals surface area contributed by atoms with Gasteiger partial charge in [0, 0.05) is 18.4 Å². The largest absolute Gasteiger partial charge is 0.316 e. The van der Waals surface area contributed by atoms with E-state index in [0.29, 0.717) is 18.2 Å². The molecule has 1 saturated heterocycles. The predicted molar refractivity (Wildman–Crippen MR) is 67.6 cm³/mol. The van der Waals surface area contributed by atoms with Crippen LogP contribution in [0.4, 0.5) is 0 Å². The molecule has 0 spiro atoms. The van der Waals surface area contributed by atoms with Crippen molar-refractivity contribution in [2.24, 2.45) is 5.92 Å². The Labute approximate surface area is 107 Å². The lowest BCUT2D eigenvalue weighted by atomic mass is 10.0. The van der Waals surface area contributed by atoms with Gasteiger partial charge in [0.25, 0.3) is 15.2 Å². The average molecular weight is 270 g/mol. The number of aryl methyl sites for hydroxylation is 1. The van der Waals surface area contributed by atoms with Gasteiger partial charge >= 0.3 is 0 Å². The van der Waals surface area contributed by atoms with Crippen molar-refractivity contribution in [2.45, 2.75) is 24.9 Å². The Morgan fingerprint density at radius 1 is 1.56 bits per heavy atom. The van der Waals surface area contributed by atoms with E-state index in [4.69, 9.17) is 0 Å². The van der Waals surface area contributed by atoms with Crippen molar-refractivity contribution < 1.29 is 8.42 Å². The minimum absolute atomic E-state index is 0.147. The number of piperidine rings is 1. The van der Waals surface area contributed by atoms with E-state index in [2.05, 4.69) is 20.0 Å². The molecular weight excluding hydrogens is 252 g/mol. The summed E-state index contributed by atoms with van der Waals surface area (Å²) < 4.78 is 26.5. The van der Waals surface area contributed by atoms with E-state index < -0.39 is 10.0 Å². The van der Waals surface area contributed by atoms with E-state index in [0.717, 1.165) is 25.9 Å². The highest BCUT2D eigenvalue weighted by Crippen LogP contribution is 2.10. The van der Waals surface area contributed by atoms with Crippen LogP contribution in [0, 0.1) is 12.8 Å². The molecule has 1 aliphatic rings. The van der Waals surface area contributed by atoms with Crippen molar-refractivity contribution in [3.05, 3.63) is 18.0 Å². The molecule has 0 unspecified atom stereocenters. The Hall–Kier alpha value is -1.05. The molecule has 2 heterocycles. The zero-order chi connectivity index (χ0) is 13.0. The van der Waals surface area contributed by atoms with Gasteiger partial charge in [-0.1, -0.05) is 0 Å². The molecule has 0 saturated carbocycles. The molecule has 100 valence electrons. The molecule has 7 heteroatoms. The summed E-state index contributed by atoms with van der Waals surface area (Å²) >= 11 is 0. The fraction of sp³-hybridized carbons (Fsp3) is 0.636. The summed E-state index contributed by atoms with van der Waals surface area (Å²) in [6.07, 6.45) is 3.59. The van der Waals surface area contributed by atoms with Crippen LogP contribution in [0.5, 0.6) is 0 Å². The summed E-state index contributed by atoms with van der Waals surface area (Å²) in [7, 11) is -3.58. The summed E-state index contributed by atoms with van der Waals surface area (Å²) in [6.45, 7) is 4.06.